The van der Waals surface area contributed by atoms with Crippen LogP contribution in [0.3, 0.4) is 0 Å². The maximum atomic E-state index is 11.6. The van der Waals surface area contributed by atoms with Crippen LogP contribution >= 0.6 is 0 Å². The summed E-state index contributed by atoms with van der Waals surface area (Å²) in [5.74, 6) is -0.142. The molecule has 1 aliphatic heterocycles. The fourth-order valence-electron chi connectivity index (χ4n) is 2.73. The smallest absolute Gasteiger partial charge is 0.309 e. The van der Waals surface area contributed by atoms with E-state index >= 15 is 0 Å². The van der Waals surface area contributed by atoms with E-state index in [1.807, 2.05) is 6.92 Å². The number of hydrogen-bond donors (Lipinski definition) is 1. The Labute approximate surface area is 117 Å². The maximum Gasteiger partial charge on any atom is 0.309 e. The lowest BCUT2D eigenvalue weighted by atomic mass is 9.85. The first-order valence-corrected chi connectivity index (χ1v) is 7.97. The number of carbonyl (C=O) groups is 1. The van der Waals surface area contributed by atoms with Gasteiger partial charge >= 0.3 is 5.97 Å². The second-order valence-corrected chi connectivity index (χ2v) is 6.07. The number of aliphatic hydroxyl groups is 1. The van der Waals surface area contributed by atoms with Crippen LogP contribution in [0.25, 0.3) is 0 Å². The molecule has 0 unspecified atom stereocenters. The zero-order valence-electron chi connectivity index (χ0n) is 12.6. The summed E-state index contributed by atoms with van der Waals surface area (Å²) in [5.41, 5.74) is -0.576. The van der Waals surface area contributed by atoms with Gasteiger partial charge in [0, 0.05) is 0 Å². The molecule has 1 rings (SSSR count). The van der Waals surface area contributed by atoms with Gasteiger partial charge in [0.2, 0.25) is 0 Å². The first kappa shape index (κ1) is 16.5. The minimum Gasteiger partial charge on any atom is -0.456 e. The number of carbonyl (C=O) groups excluding carboxylic acids is 1. The molecule has 1 saturated heterocycles. The Balaban J connectivity index is 2.20. The third-order valence-corrected chi connectivity index (χ3v) is 4.28. The zero-order chi connectivity index (χ0) is 14.1. The second kappa shape index (κ2) is 8.57. The Morgan fingerprint density at radius 2 is 1.84 bits per heavy atom. The van der Waals surface area contributed by atoms with Crippen LogP contribution in [-0.4, -0.2) is 23.3 Å². The van der Waals surface area contributed by atoms with Crippen molar-refractivity contribution < 1.29 is 14.6 Å². The van der Waals surface area contributed by atoms with Crippen molar-refractivity contribution in [2.75, 3.05) is 6.61 Å². The Kier molecular flexibility index (Phi) is 7.44. The highest BCUT2D eigenvalue weighted by Gasteiger charge is 2.39. The summed E-state index contributed by atoms with van der Waals surface area (Å²) in [6.45, 7) is 4.10. The molecule has 0 aromatic rings. The molecule has 2 atom stereocenters. The molecule has 0 aromatic heterocycles. The zero-order valence-corrected chi connectivity index (χ0v) is 12.6. The van der Waals surface area contributed by atoms with Gasteiger partial charge in [0.15, 0.2) is 0 Å². The van der Waals surface area contributed by atoms with Gasteiger partial charge in [-0.15, -0.1) is 0 Å². The van der Waals surface area contributed by atoms with Crippen LogP contribution in [0.5, 0.6) is 0 Å². The van der Waals surface area contributed by atoms with E-state index in [4.69, 9.17) is 4.74 Å². The van der Waals surface area contributed by atoms with Gasteiger partial charge in [0.05, 0.1) is 12.5 Å². The molecule has 3 nitrogen and oxygen atoms in total. The van der Waals surface area contributed by atoms with E-state index in [1.54, 1.807) is 0 Å². The highest BCUT2D eigenvalue weighted by molar-refractivity contribution is 5.73. The molecule has 0 aliphatic carbocycles. The fourth-order valence-corrected chi connectivity index (χ4v) is 2.73. The minimum absolute atomic E-state index is 0.00582. The van der Waals surface area contributed by atoms with Crippen molar-refractivity contribution in [3.05, 3.63) is 0 Å². The van der Waals surface area contributed by atoms with Crippen molar-refractivity contribution in [3.8, 4) is 0 Å². The highest BCUT2D eigenvalue weighted by atomic mass is 16.6. The predicted octanol–water partition coefficient (Wildman–Crippen LogP) is 3.83. The first-order valence-electron chi connectivity index (χ1n) is 7.97. The van der Waals surface area contributed by atoms with Gasteiger partial charge < -0.3 is 9.84 Å². The third-order valence-electron chi connectivity index (χ3n) is 4.28. The molecule has 0 radical (unpaired) electrons. The average molecular weight is 270 g/mol. The maximum absolute atomic E-state index is 11.6. The van der Waals surface area contributed by atoms with Gasteiger partial charge in [-0.1, -0.05) is 52.4 Å². The van der Waals surface area contributed by atoms with Gasteiger partial charge in [-0.2, -0.15) is 0 Å². The van der Waals surface area contributed by atoms with Crippen molar-refractivity contribution in [2.45, 2.75) is 83.7 Å². The number of aliphatic hydroxyl groups excluding tert-OH is 1. The Hall–Kier alpha value is -0.570. The van der Waals surface area contributed by atoms with Crippen molar-refractivity contribution in [3.63, 3.8) is 0 Å². The first-order chi connectivity index (χ1) is 9.13. The molecule has 0 bridgehead atoms. The van der Waals surface area contributed by atoms with Crippen LogP contribution < -0.4 is 0 Å². The SMILES string of the molecule is CCCCCCCCC[C@@]1(CO)CC[C@H](C)C(=O)O1. The Morgan fingerprint density at radius 1 is 1.21 bits per heavy atom. The fraction of sp³-hybridized carbons (Fsp3) is 0.938. The van der Waals surface area contributed by atoms with Crippen LogP contribution in [0.2, 0.25) is 0 Å². The summed E-state index contributed by atoms with van der Waals surface area (Å²) < 4.78 is 5.49. The topological polar surface area (TPSA) is 46.5 Å². The monoisotopic (exact) mass is 270 g/mol. The van der Waals surface area contributed by atoms with Gasteiger partial charge in [-0.25, -0.2) is 0 Å². The minimum atomic E-state index is -0.576. The molecule has 1 heterocycles. The van der Waals surface area contributed by atoms with E-state index in [0.29, 0.717) is 0 Å². The van der Waals surface area contributed by atoms with Crippen molar-refractivity contribution >= 4 is 5.97 Å². The Bertz CT molecular complexity index is 265. The lowest BCUT2D eigenvalue weighted by molar-refractivity contribution is -0.180. The van der Waals surface area contributed by atoms with Gasteiger partial charge in [0.1, 0.15) is 5.60 Å². The van der Waals surface area contributed by atoms with E-state index < -0.39 is 5.60 Å². The van der Waals surface area contributed by atoms with Gasteiger partial charge in [0.25, 0.3) is 0 Å². The molecule has 0 saturated carbocycles. The van der Waals surface area contributed by atoms with Crippen LogP contribution in [-0.2, 0) is 9.53 Å². The normalized spacial score (nSPS) is 27.3. The molecular formula is C16H30O3. The van der Waals surface area contributed by atoms with E-state index in [9.17, 15) is 9.90 Å². The van der Waals surface area contributed by atoms with Crippen LogP contribution in [0.15, 0.2) is 0 Å². The van der Waals surface area contributed by atoms with E-state index in [-0.39, 0.29) is 18.5 Å². The lowest BCUT2D eigenvalue weighted by Gasteiger charge is -2.37. The van der Waals surface area contributed by atoms with Crippen LogP contribution in [0.4, 0.5) is 0 Å². The largest absolute Gasteiger partial charge is 0.456 e. The average Bonchev–Trinajstić information content (AvgIpc) is 2.42. The van der Waals surface area contributed by atoms with Crippen molar-refractivity contribution in [2.24, 2.45) is 5.92 Å². The van der Waals surface area contributed by atoms with Gasteiger partial charge in [-0.05, 0) is 25.7 Å². The molecular weight excluding hydrogens is 240 g/mol. The van der Waals surface area contributed by atoms with E-state index in [2.05, 4.69) is 6.92 Å². The molecule has 112 valence electrons. The van der Waals surface area contributed by atoms with Crippen LogP contribution in [0.1, 0.15) is 78.1 Å². The van der Waals surface area contributed by atoms with Crippen molar-refractivity contribution in [1.29, 1.82) is 0 Å². The molecule has 1 fully saturated rings. The molecule has 19 heavy (non-hydrogen) atoms. The predicted molar refractivity (Wildman–Crippen MR) is 76.9 cm³/mol. The number of unbranched alkanes of at least 4 members (excludes halogenated alkanes) is 6. The number of esters is 1. The van der Waals surface area contributed by atoms with Gasteiger partial charge in [-0.3, -0.25) is 4.79 Å². The third kappa shape index (κ3) is 5.52. The number of hydrogen-bond acceptors (Lipinski definition) is 3. The molecule has 0 spiro atoms. The number of ether oxygens (including phenoxy) is 1. The molecule has 0 amide bonds. The standard InChI is InChI=1S/C16H30O3/c1-3-4-5-6-7-8-9-11-16(13-17)12-10-14(2)15(18)19-16/h14,17H,3-13H2,1-2H3/t14-,16-/m0/s1. The van der Waals surface area contributed by atoms with Crippen LogP contribution in [0, 0.1) is 5.92 Å². The second-order valence-electron chi connectivity index (χ2n) is 6.07. The Morgan fingerprint density at radius 3 is 2.42 bits per heavy atom. The molecule has 1 N–H and O–H groups in total. The summed E-state index contributed by atoms with van der Waals surface area (Å²) in [6, 6.07) is 0. The molecule has 3 heteroatoms. The van der Waals surface area contributed by atoms with E-state index in [0.717, 1.165) is 25.7 Å². The number of cyclic esters (lactones) is 1. The summed E-state index contributed by atoms with van der Waals surface area (Å²) >= 11 is 0. The van der Waals surface area contributed by atoms with E-state index in [1.165, 1.54) is 38.5 Å². The summed E-state index contributed by atoms with van der Waals surface area (Å²) in [5, 5.41) is 9.54. The van der Waals surface area contributed by atoms with Crippen molar-refractivity contribution in [1.82, 2.24) is 0 Å². The summed E-state index contributed by atoms with van der Waals surface area (Å²) in [6.07, 6.45) is 11.2. The number of rotatable bonds is 9. The molecule has 0 aromatic carbocycles. The molecule has 1 aliphatic rings. The quantitative estimate of drug-likeness (QED) is 0.511. The summed E-state index contributed by atoms with van der Waals surface area (Å²) in [4.78, 5) is 11.6. The highest BCUT2D eigenvalue weighted by Crippen LogP contribution is 2.33. The summed E-state index contributed by atoms with van der Waals surface area (Å²) in [7, 11) is 0. The lowest BCUT2D eigenvalue weighted by Crippen LogP contribution is -2.44.